The molecule has 0 radical (unpaired) electrons. The van der Waals surface area contributed by atoms with E-state index in [9.17, 15) is 4.79 Å². The lowest BCUT2D eigenvalue weighted by Crippen LogP contribution is -2.06. The van der Waals surface area contributed by atoms with Gasteiger partial charge in [-0.3, -0.25) is 4.79 Å². The normalized spacial score (nSPS) is 11.3. The molecule has 2 aromatic carbocycles. The van der Waals surface area contributed by atoms with E-state index in [2.05, 4.69) is 25.6 Å². The Balaban J connectivity index is 1.65. The van der Waals surface area contributed by atoms with E-state index in [0.29, 0.717) is 23.9 Å². The number of carbonyl (C=O) groups is 1. The Morgan fingerprint density at radius 2 is 1.87 bits per heavy atom. The first-order valence-corrected chi connectivity index (χ1v) is 9.89. The molecule has 0 amide bonds. The van der Waals surface area contributed by atoms with Crippen LogP contribution in [-0.2, 0) is 6.54 Å². The Hall–Kier alpha value is -3.58. The SMILES string of the molecule is CCC=Cc1nc(Cl)c(C=O)n1Cc1ccc(-c2ccccc2-c2nnn[nH]2)cc1. The van der Waals surface area contributed by atoms with E-state index in [1.54, 1.807) is 0 Å². The average Bonchev–Trinajstić information content (AvgIpc) is 3.41. The molecule has 0 saturated heterocycles. The number of hydrogen-bond acceptors (Lipinski definition) is 5. The second kappa shape index (κ2) is 8.84. The number of tetrazole rings is 1. The third kappa shape index (κ3) is 3.92. The highest BCUT2D eigenvalue weighted by atomic mass is 35.5. The van der Waals surface area contributed by atoms with Gasteiger partial charge in [0.15, 0.2) is 17.3 Å². The summed E-state index contributed by atoms with van der Waals surface area (Å²) < 4.78 is 1.82. The number of allylic oxidation sites excluding steroid dienone is 1. The fourth-order valence-electron chi connectivity index (χ4n) is 3.27. The molecular weight excluding hydrogens is 400 g/mol. The molecule has 0 aliphatic carbocycles. The molecule has 0 bridgehead atoms. The van der Waals surface area contributed by atoms with Crippen molar-refractivity contribution in [1.82, 2.24) is 30.2 Å². The van der Waals surface area contributed by atoms with Crippen LogP contribution >= 0.6 is 11.6 Å². The lowest BCUT2D eigenvalue weighted by atomic mass is 9.98. The van der Waals surface area contributed by atoms with Crippen LogP contribution in [0.5, 0.6) is 0 Å². The van der Waals surface area contributed by atoms with E-state index in [1.165, 1.54) is 0 Å². The molecule has 1 N–H and O–H groups in total. The largest absolute Gasteiger partial charge is 0.317 e. The van der Waals surface area contributed by atoms with Gasteiger partial charge in [0.05, 0.1) is 0 Å². The Labute approximate surface area is 178 Å². The maximum absolute atomic E-state index is 11.5. The maximum Gasteiger partial charge on any atom is 0.180 e. The van der Waals surface area contributed by atoms with Crippen molar-refractivity contribution in [2.24, 2.45) is 0 Å². The first kappa shape index (κ1) is 19.7. The number of imidazole rings is 1. The van der Waals surface area contributed by atoms with Gasteiger partial charge in [-0.25, -0.2) is 10.1 Å². The molecule has 0 spiro atoms. The maximum atomic E-state index is 11.5. The fourth-order valence-corrected chi connectivity index (χ4v) is 3.50. The lowest BCUT2D eigenvalue weighted by Gasteiger charge is -2.10. The summed E-state index contributed by atoms with van der Waals surface area (Å²) in [6.45, 7) is 2.53. The fraction of sp³-hybridized carbons (Fsp3) is 0.136. The minimum absolute atomic E-state index is 0.215. The van der Waals surface area contributed by atoms with E-state index in [0.717, 1.165) is 35.0 Å². The molecule has 30 heavy (non-hydrogen) atoms. The van der Waals surface area contributed by atoms with Gasteiger partial charge >= 0.3 is 0 Å². The Morgan fingerprint density at radius 1 is 1.10 bits per heavy atom. The summed E-state index contributed by atoms with van der Waals surface area (Å²) in [5.41, 5.74) is 4.39. The predicted octanol–water partition coefficient (Wildman–Crippen LogP) is 4.67. The topological polar surface area (TPSA) is 89.3 Å². The lowest BCUT2D eigenvalue weighted by molar-refractivity contribution is 0.111. The zero-order chi connectivity index (χ0) is 20.9. The number of nitrogens with one attached hydrogen (secondary N) is 1. The zero-order valence-corrected chi connectivity index (χ0v) is 17.0. The molecule has 0 fully saturated rings. The van der Waals surface area contributed by atoms with Crippen LogP contribution in [-0.4, -0.2) is 36.5 Å². The Kier molecular flexibility index (Phi) is 5.81. The number of nitrogens with zero attached hydrogens (tertiary/aromatic N) is 5. The van der Waals surface area contributed by atoms with Crippen molar-refractivity contribution >= 4 is 24.0 Å². The van der Waals surface area contributed by atoms with Crippen molar-refractivity contribution in [2.45, 2.75) is 19.9 Å². The first-order valence-electron chi connectivity index (χ1n) is 9.51. The molecule has 8 heteroatoms. The Bertz CT molecular complexity index is 1180. The van der Waals surface area contributed by atoms with Crippen molar-refractivity contribution in [3.63, 3.8) is 0 Å². The molecule has 0 atom stereocenters. The van der Waals surface area contributed by atoms with E-state index < -0.39 is 0 Å². The van der Waals surface area contributed by atoms with Gasteiger partial charge in [-0.05, 0) is 39.6 Å². The van der Waals surface area contributed by atoms with Gasteiger partial charge in [-0.15, -0.1) is 5.10 Å². The van der Waals surface area contributed by atoms with Gasteiger partial charge in [0.2, 0.25) is 0 Å². The van der Waals surface area contributed by atoms with Gasteiger partial charge in [0.25, 0.3) is 0 Å². The molecule has 7 nitrogen and oxygen atoms in total. The van der Waals surface area contributed by atoms with Crippen LogP contribution in [0.25, 0.3) is 28.6 Å². The second-order valence-electron chi connectivity index (χ2n) is 6.65. The highest BCUT2D eigenvalue weighted by Crippen LogP contribution is 2.30. The molecular formula is C22H19ClN6O. The molecule has 4 aromatic rings. The summed E-state index contributed by atoms with van der Waals surface area (Å²) in [6.07, 6.45) is 5.49. The van der Waals surface area contributed by atoms with Crippen molar-refractivity contribution in [3.8, 4) is 22.5 Å². The van der Waals surface area contributed by atoms with Crippen molar-refractivity contribution in [1.29, 1.82) is 0 Å². The number of aromatic nitrogens is 6. The molecule has 2 aromatic heterocycles. The highest BCUT2D eigenvalue weighted by molar-refractivity contribution is 6.31. The summed E-state index contributed by atoms with van der Waals surface area (Å²) in [7, 11) is 0. The van der Waals surface area contributed by atoms with E-state index in [4.69, 9.17) is 11.6 Å². The van der Waals surface area contributed by atoms with Crippen LogP contribution in [0, 0.1) is 0 Å². The number of hydrogen-bond donors (Lipinski definition) is 1. The number of aromatic amines is 1. The van der Waals surface area contributed by atoms with E-state index in [1.807, 2.05) is 72.2 Å². The molecule has 0 saturated carbocycles. The smallest absolute Gasteiger partial charge is 0.180 e. The number of benzene rings is 2. The summed E-state index contributed by atoms with van der Waals surface area (Å²) in [4.78, 5) is 15.8. The predicted molar refractivity (Wildman–Crippen MR) is 116 cm³/mol. The van der Waals surface area contributed by atoms with E-state index >= 15 is 0 Å². The van der Waals surface area contributed by atoms with E-state index in [-0.39, 0.29) is 5.15 Å². The summed E-state index contributed by atoms with van der Waals surface area (Å²) in [5, 5.41) is 14.4. The average molecular weight is 419 g/mol. The third-order valence-corrected chi connectivity index (χ3v) is 5.02. The zero-order valence-electron chi connectivity index (χ0n) is 16.3. The first-order chi connectivity index (χ1) is 14.7. The van der Waals surface area contributed by atoms with Crippen LogP contribution in [0.15, 0.2) is 54.6 Å². The van der Waals surface area contributed by atoms with Crippen LogP contribution in [0.4, 0.5) is 0 Å². The number of H-pyrrole nitrogens is 1. The van der Waals surface area contributed by atoms with Crippen molar-refractivity contribution < 1.29 is 4.79 Å². The Morgan fingerprint density at radius 3 is 2.53 bits per heavy atom. The highest BCUT2D eigenvalue weighted by Gasteiger charge is 2.14. The van der Waals surface area contributed by atoms with Gasteiger partial charge in [-0.2, -0.15) is 0 Å². The van der Waals surface area contributed by atoms with Crippen LogP contribution < -0.4 is 0 Å². The minimum Gasteiger partial charge on any atom is -0.317 e. The summed E-state index contributed by atoms with van der Waals surface area (Å²) >= 11 is 6.15. The monoisotopic (exact) mass is 418 g/mol. The quantitative estimate of drug-likeness (QED) is 0.440. The molecule has 0 aliphatic heterocycles. The van der Waals surface area contributed by atoms with Crippen molar-refractivity contribution in [2.75, 3.05) is 0 Å². The van der Waals surface area contributed by atoms with Crippen LogP contribution in [0.2, 0.25) is 5.15 Å². The van der Waals surface area contributed by atoms with Gasteiger partial charge in [0.1, 0.15) is 11.5 Å². The summed E-state index contributed by atoms with van der Waals surface area (Å²) in [5.74, 6) is 1.28. The second-order valence-corrected chi connectivity index (χ2v) is 7.01. The number of rotatable bonds is 7. The molecule has 2 heterocycles. The standard InChI is InChI=1S/C22H19ClN6O/c1-2-3-8-20-24-21(23)19(14-30)29(20)13-15-9-11-16(12-10-15)17-6-4-5-7-18(17)22-25-27-28-26-22/h3-12,14H,2,13H2,1H3,(H,25,26,27,28). The number of halogens is 1. The molecule has 0 unspecified atom stereocenters. The van der Waals surface area contributed by atoms with Crippen LogP contribution in [0.1, 0.15) is 35.2 Å². The van der Waals surface area contributed by atoms with Gasteiger partial charge < -0.3 is 4.57 Å². The van der Waals surface area contributed by atoms with Gasteiger partial charge in [-0.1, -0.05) is 73.1 Å². The van der Waals surface area contributed by atoms with Gasteiger partial charge in [0, 0.05) is 12.1 Å². The molecule has 150 valence electrons. The number of aldehydes is 1. The third-order valence-electron chi connectivity index (χ3n) is 4.74. The minimum atomic E-state index is 0.215. The molecule has 0 aliphatic rings. The number of carbonyl (C=O) groups excluding carboxylic acids is 1. The molecule has 4 rings (SSSR count). The van der Waals surface area contributed by atoms with Crippen LogP contribution in [0.3, 0.4) is 0 Å². The van der Waals surface area contributed by atoms with Crippen molar-refractivity contribution in [3.05, 3.63) is 76.8 Å². The summed E-state index contributed by atoms with van der Waals surface area (Å²) in [6, 6.07) is 16.1.